The summed E-state index contributed by atoms with van der Waals surface area (Å²) in [6.07, 6.45) is 2.80. The SMILES string of the molecule is C=CC(=O)Nc1cc(Nc2cc(C(=O)c3ccc(Br)cc3)ccn2)c(OC)cc1N(C)CCN(C)C. The van der Waals surface area contributed by atoms with Gasteiger partial charge in [0.2, 0.25) is 5.91 Å². The summed E-state index contributed by atoms with van der Waals surface area (Å²) in [5.41, 5.74) is 3.04. The topological polar surface area (TPSA) is 86.8 Å². The Hall–Kier alpha value is -3.69. The molecule has 0 bridgehead atoms. The average Bonchev–Trinajstić information content (AvgIpc) is 2.87. The van der Waals surface area contributed by atoms with Gasteiger partial charge in [-0.3, -0.25) is 9.59 Å². The highest BCUT2D eigenvalue weighted by atomic mass is 79.9. The third-order valence-electron chi connectivity index (χ3n) is 5.45. The van der Waals surface area contributed by atoms with Gasteiger partial charge in [0, 0.05) is 48.0 Å². The summed E-state index contributed by atoms with van der Waals surface area (Å²) in [4.78, 5) is 33.6. The summed E-state index contributed by atoms with van der Waals surface area (Å²) in [6.45, 7) is 5.12. The number of ketones is 1. The standard InChI is InChI=1S/C27H30BrN5O3/c1-6-26(34)31-21-16-22(24(36-5)17-23(21)33(4)14-13-32(2)3)30-25-15-19(11-12-29-25)27(35)18-7-9-20(28)10-8-18/h6-12,15-17H,1,13-14H2,2-5H3,(H,29,30)(H,31,34). The number of methoxy groups -OCH3 is 1. The zero-order chi connectivity index (χ0) is 26.2. The van der Waals surface area contributed by atoms with E-state index in [4.69, 9.17) is 4.74 Å². The molecule has 0 saturated heterocycles. The fourth-order valence-electron chi connectivity index (χ4n) is 3.45. The van der Waals surface area contributed by atoms with Gasteiger partial charge < -0.3 is 25.2 Å². The summed E-state index contributed by atoms with van der Waals surface area (Å²) >= 11 is 3.39. The highest BCUT2D eigenvalue weighted by molar-refractivity contribution is 9.10. The number of nitrogens with one attached hydrogen (secondary N) is 2. The Morgan fingerprint density at radius 1 is 1.03 bits per heavy atom. The number of rotatable bonds is 11. The summed E-state index contributed by atoms with van der Waals surface area (Å²) in [7, 11) is 7.54. The average molecular weight is 552 g/mol. The van der Waals surface area contributed by atoms with Gasteiger partial charge >= 0.3 is 0 Å². The highest BCUT2D eigenvalue weighted by Gasteiger charge is 2.17. The number of carbonyl (C=O) groups is 2. The van der Waals surface area contributed by atoms with Crippen molar-refractivity contribution in [1.82, 2.24) is 9.88 Å². The minimum absolute atomic E-state index is 0.114. The predicted octanol–water partition coefficient (Wildman–Crippen LogP) is 4.95. The molecule has 1 amide bonds. The fraction of sp³-hybridized carbons (Fsp3) is 0.222. The molecule has 3 aromatic rings. The lowest BCUT2D eigenvalue weighted by molar-refractivity contribution is -0.111. The second kappa shape index (κ2) is 12.3. The van der Waals surface area contributed by atoms with Crippen molar-refractivity contribution in [3.8, 4) is 5.75 Å². The summed E-state index contributed by atoms with van der Waals surface area (Å²) in [5, 5.41) is 6.10. The third-order valence-corrected chi connectivity index (χ3v) is 5.97. The first-order valence-electron chi connectivity index (χ1n) is 11.3. The Balaban J connectivity index is 1.95. The van der Waals surface area contributed by atoms with Crippen LogP contribution in [0.1, 0.15) is 15.9 Å². The van der Waals surface area contributed by atoms with E-state index >= 15 is 0 Å². The van der Waals surface area contributed by atoms with Gasteiger partial charge in [0.15, 0.2) is 5.78 Å². The molecule has 0 radical (unpaired) electrons. The summed E-state index contributed by atoms with van der Waals surface area (Å²) in [5.74, 6) is 0.584. The minimum atomic E-state index is -0.325. The third kappa shape index (κ3) is 6.93. The first-order chi connectivity index (χ1) is 17.2. The minimum Gasteiger partial charge on any atom is -0.494 e. The van der Waals surface area contributed by atoms with Gasteiger partial charge in [-0.25, -0.2) is 4.98 Å². The van der Waals surface area contributed by atoms with Crippen molar-refractivity contribution >= 4 is 50.5 Å². The van der Waals surface area contributed by atoms with Crippen LogP contribution >= 0.6 is 15.9 Å². The lowest BCUT2D eigenvalue weighted by atomic mass is 10.0. The molecule has 2 N–H and O–H groups in total. The van der Waals surface area contributed by atoms with E-state index in [1.807, 2.05) is 44.2 Å². The molecular weight excluding hydrogens is 522 g/mol. The van der Waals surface area contributed by atoms with Crippen molar-refractivity contribution in [3.63, 3.8) is 0 Å². The zero-order valence-electron chi connectivity index (χ0n) is 20.8. The highest BCUT2D eigenvalue weighted by Crippen LogP contribution is 2.38. The van der Waals surface area contributed by atoms with Crippen LogP contribution in [0, 0.1) is 0 Å². The van der Waals surface area contributed by atoms with Crippen LogP contribution in [0.3, 0.4) is 0 Å². The van der Waals surface area contributed by atoms with Crippen LogP contribution in [0.5, 0.6) is 5.75 Å². The fourth-order valence-corrected chi connectivity index (χ4v) is 3.72. The van der Waals surface area contributed by atoms with E-state index in [2.05, 4.69) is 43.0 Å². The molecule has 2 aromatic carbocycles. The second-order valence-corrected chi connectivity index (χ2v) is 9.29. The van der Waals surface area contributed by atoms with Crippen LogP contribution in [-0.2, 0) is 4.79 Å². The molecule has 8 nitrogen and oxygen atoms in total. The molecule has 0 saturated carbocycles. The van der Waals surface area contributed by atoms with E-state index in [9.17, 15) is 9.59 Å². The number of hydrogen-bond donors (Lipinski definition) is 2. The van der Waals surface area contributed by atoms with E-state index in [1.54, 1.807) is 43.6 Å². The Bertz CT molecular complexity index is 1240. The van der Waals surface area contributed by atoms with Gasteiger partial charge in [-0.2, -0.15) is 0 Å². The number of ether oxygens (including phenoxy) is 1. The van der Waals surface area contributed by atoms with Gasteiger partial charge in [0.1, 0.15) is 11.6 Å². The quantitative estimate of drug-likeness (QED) is 0.257. The summed E-state index contributed by atoms with van der Waals surface area (Å²) in [6, 6.07) is 14.2. The van der Waals surface area contributed by atoms with Crippen molar-refractivity contribution in [1.29, 1.82) is 0 Å². The monoisotopic (exact) mass is 551 g/mol. The van der Waals surface area contributed by atoms with Gasteiger partial charge in [0.05, 0.1) is 24.2 Å². The number of carbonyl (C=O) groups excluding carboxylic acids is 2. The molecule has 0 atom stereocenters. The van der Waals surface area contributed by atoms with Crippen LogP contribution in [0.25, 0.3) is 0 Å². The number of pyridine rings is 1. The van der Waals surface area contributed by atoms with Crippen molar-refractivity contribution in [2.45, 2.75) is 0 Å². The predicted molar refractivity (Wildman–Crippen MR) is 149 cm³/mol. The Kier molecular flexibility index (Phi) is 9.21. The molecule has 1 heterocycles. The number of nitrogens with zero attached hydrogens (tertiary/aromatic N) is 3. The second-order valence-electron chi connectivity index (χ2n) is 8.38. The normalized spacial score (nSPS) is 10.6. The van der Waals surface area contributed by atoms with Gasteiger partial charge in [-0.05, 0) is 62.6 Å². The smallest absolute Gasteiger partial charge is 0.247 e. The number of anilines is 4. The zero-order valence-corrected chi connectivity index (χ0v) is 22.4. The molecule has 0 fully saturated rings. The van der Waals surface area contributed by atoms with E-state index in [0.29, 0.717) is 34.1 Å². The lowest BCUT2D eigenvalue weighted by Crippen LogP contribution is -2.29. The number of hydrogen-bond acceptors (Lipinski definition) is 7. The molecule has 0 spiro atoms. The molecule has 0 unspecified atom stereocenters. The molecule has 36 heavy (non-hydrogen) atoms. The van der Waals surface area contributed by atoms with Crippen molar-refractivity contribution in [2.24, 2.45) is 0 Å². The molecular formula is C27H30BrN5O3. The molecule has 0 aliphatic carbocycles. The van der Waals surface area contributed by atoms with Crippen molar-refractivity contribution in [3.05, 3.63) is 83.0 Å². The maximum Gasteiger partial charge on any atom is 0.247 e. The Morgan fingerprint density at radius 2 is 1.75 bits per heavy atom. The van der Waals surface area contributed by atoms with Gasteiger partial charge in [-0.15, -0.1) is 0 Å². The van der Waals surface area contributed by atoms with E-state index in [1.165, 1.54) is 6.08 Å². The maximum absolute atomic E-state index is 13.0. The Labute approximate surface area is 220 Å². The first-order valence-corrected chi connectivity index (χ1v) is 12.1. The molecule has 1 aromatic heterocycles. The Morgan fingerprint density at radius 3 is 2.39 bits per heavy atom. The molecule has 0 aliphatic heterocycles. The van der Waals surface area contributed by atoms with Crippen molar-refractivity contribution < 1.29 is 14.3 Å². The molecule has 0 aliphatic rings. The van der Waals surface area contributed by atoms with Crippen LogP contribution in [0.4, 0.5) is 22.9 Å². The van der Waals surface area contributed by atoms with Crippen LogP contribution < -0.4 is 20.3 Å². The van der Waals surface area contributed by atoms with Crippen LogP contribution in [-0.4, -0.2) is 62.9 Å². The largest absolute Gasteiger partial charge is 0.494 e. The van der Waals surface area contributed by atoms with Gasteiger partial charge in [-0.1, -0.05) is 22.5 Å². The first kappa shape index (κ1) is 26.9. The molecule has 9 heteroatoms. The maximum atomic E-state index is 13.0. The van der Waals surface area contributed by atoms with Crippen molar-refractivity contribution in [2.75, 3.05) is 56.9 Å². The number of halogens is 1. The number of likely N-dealkylation sites (N-methyl/N-ethyl adjacent to an activating group) is 2. The summed E-state index contributed by atoms with van der Waals surface area (Å²) < 4.78 is 6.55. The van der Waals surface area contributed by atoms with E-state index in [-0.39, 0.29) is 11.7 Å². The number of aromatic nitrogens is 1. The van der Waals surface area contributed by atoms with E-state index in [0.717, 1.165) is 23.2 Å². The lowest BCUT2D eigenvalue weighted by Gasteiger charge is -2.26. The number of amides is 1. The molecule has 188 valence electrons. The van der Waals surface area contributed by atoms with Gasteiger partial charge in [0.25, 0.3) is 0 Å². The van der Waals surface area contributed by atoms with Crippen LogP contribution in [0.15, 0.2) is 71.9 Å². The van der Waals surface area contributed by atoms with Crippen LogP contribution in [0.2, 0.25) is 0 Å². The molecule has 3 rings (SSSR count). The number of benzene rings is 2. The van der Waals surface area contributed by atoms with E-state index < -0.39 is 0 Å².